The fourth-order valence-electron chi connectivity index (χ4n) is 4.02. The summed E-state index contributed by atoms with van der Waals surface area (Å²) in [5, 5.41) is 18.2. The summed E-state index contributed by atoms with van der Waals surface area (Å²) < 4.78 is 36.2. The van der Waals surface area contributed by atoms with Crippen molar-refractivity contribution in [2.45, 2.75) is 55.9 Å². The molecule has 0 bridgehead atoms. The summed E-state index contributed by atoms with van der Waals surface area (Å²) in [5.74, 6) is 0. The third-order valence-electron chi connectivity index (χ3n) is 5.77. The topological polar surface area (TPSA) is 106 Å². The molecule has 3 aromatic rings. The summed E-state index contributed by atoms with van der Waals surface area (Å²) in [5.41, 5.74) is 2.50. The maximum absolute atomic E-state index is 12.8. The average molecular weight is 457 g/mol. The van der Waals surface area contributed by atoms with Crippen LogP contribution in [0.3, 0.4) is 0 Å². The molecule has 0 unspecified atom stereocenters. The third-order valence-corrected chi connectivity index (χ3v) is 7.42. The molecule has 0 amide bonds. The Labute approximate surface area is 188 Å². The molecule has 2 aromatic carbocycles. The Morgan fingerprint density at radius 3 is 2.62 bits per heavy atom. The molecule has 0 radical (unpaired) electrons. The number of benzene rings is 2. The molecular formula is C23H28N4O4S. The molecule has 0 aliphatic carbocycles. The molecule has 3 atom stereocenters. The molecule has 1 aromatic heterocycles. The first-order valence-corrected chi connectivity index (χ1v) is 12.2. The predicted molar refractivity (Wildman–Crippen MR) is 120 cm³/mol. The van der Waals surface area contributed by atoms with Gasteiger partial charge >= 0.3 is 0 Å². The number of hydrogen-bond acceptors (Lipinski definition) is 6. The van der Waals surface area contributed by atoms with Crippen molar-refractivity contribution in [3.8, 4) is 11.3 Å². The second-order valence-electron chi connectivity index (χ2n) is 8.07. The van der Waals surface area contributed by atoms with Crippen molar-refractivity contribution in [3.63, 3.8) is 0 Å². The Balaban J connectivity index is 1.34. The van der Waals surface area contributed by atoms with Crippen LogP contribution in [0.25, 0.3) is 11.3 Å². The van der Waals surface area contributed by atoms with Gasteiger partial charge < -0.3 is 9.84 Å². The lowest BCUT2D eigenvalue weighted by Crippen LogP contribution is -2.51. The van der Waals surface area contributed by atoms with Gasteiger partial charge in [-0.05, 0) is 37.8 Å². The van der Waals surface area contributed by atoms with Crippen molar-refractivity contribution >= 4 is 10.0 Å². The van der Waals surface area contributed by atoms with Crippen LogP contribution in [-0.2, 0) is 21.3 Å². The molecule has 1 saturated heterocycles. The van der Waals surface area contributed by atoms with E-state index in [1.54, 1.807) is 35.9 Å². The van der Waals surface area contributed by atoms with Crippen molar-refractivity contribution in [1.82, 2.24) is 19.7 Å². The molecule has 0 spiro atoms. The highest BCUT2D eigenvalue weighted by Gasteiger charge is 2.34. The van der Waals surface area contributed by atoms with Gasteiger partial charge in [0.05, 0.1) is 35.9 Å². The fourth-order valence-corrected chi connectivity index (χ4v) is 5.57. The minimum atomic E-state index is -3.69. The molecule has 8 nitrogen and oxygen atoms in total. The summed E-state index contributed by atoms with van der Waals surface area (Å²) in [6, 6.07) is 16.2. The molecule has 2 heterocycles. The molecular weight excluding hydrogens is 428 g/mol. The number of aliphatic hydroxyl groups is 1. The van der Waals surface area contributed by atoms with Crippen LogP contribution in [0.2, 0.25) is 0 Å². The van der Waals surface area contributed by atoms with E-state index in [4.69, 9.17) is 4.74 Å². The molecule has 32 heavy (non-hydrogen) atoms. The standard InChI is InChI=1S/C23H28N4O4S/c1-17-7-5-6-10-23(17)32(29,30)25-20-12-11-19(31-22(20)16-28)13-14-27-15-21(24-26-27)18-8-3-2-4-9-18/h2-10,15,19-20,22,25,28H,11-14,16H2,1H3/t19-,20+,22+/m0/s1. The van der Waals surface area contributed by atoms with Crippen LogP contribution in [0.4, 0.5) is 0 Å². The first kappa shape index (κ1) is 22.6. The summed E-state index contributed by atoms with van der Waals surface area (Å²) in [4.78, 5) is 0.249. The highest BCUT2D eigenvalue weighted by Crippen LogP contribution is 2.25. The van der Waals surface area contributed by atoms with Crippen molar-refractivity contribution in [3.05, 3.63) is 66.4 Å². The van der Waals surface area contributed by atoms with E-state index in [-0.39, 0.29) is 17.6 Å². The van der Waals surface area contributed by atoms with Crippen LogP contribution in [0.15, 0.2) is 65.7 Å². The van der Waals surface area contributed by atoms with E-state index in [0.29, 0.717) is 31.4 Å². The van der Waals surface area contributed by atoms with Gasteiger partial charge in [0.2, 0.25) is 10.0 Å². The maximum Gasteiger partial charge on any atom is 0.241 e. The lowest BCUT2D eigenvalue weighted by atomic mass is 9.98. The van der Waals surface area contributed by atoms with Gasteiger partial charge in [-0.15, -0.1) is 5.10 Å². The Kier molecular flexibility index (Phi) is 7.00. The van der Waals surface area contributed by atoms with E-state index in [9.17, 15) is 13.5 Å². The molecule has 0 saturated carbocycles. The normalized spacial score (nSPS) is 21.5. The van der Waals surface area contributed by atoms with Crippen molar-refractivity contribution < 1.29 is 18.3 Å². The van der Waals surface area contributed by atoms with Gasteiger partial charge in [0.1, 0.15) is 5.69 Å². The van der Waals surface area contributed by atoms with Crippen LogP contribution in [-0.4, -0.2) is 53.4 Å². The zero-order chi connectivity index (χ0) is 22.6. The zero-order valence-electron chi connectivity index (χ0n) is 18.0. The number of nitrogens with zero attached hydrogens (tertiary/aromatic N) is 3. The van der Waals surface area contributed by atoms with Crippen LogP contribution in [0.1, 0.15) is 24.8 Å². The predicted octanol–water partition coefficient (Wildman–Crippen LogP) is 2.53. The van der Waals surface area contributed by atoms with Gasteiger partial charge in [0.15, 0.2) is 0 Å². The number of nitrogens with one attached hydrogen (secondary N) is 1. The van der Waals surface area contributed by atoms with Gasteiger partial charge in [0, 0.05) is 12.1 Å². The number of rotatable bonds is 8. The summed E-state index contributed by atoms with van der Waals surface area (Å²) in [6.07, 6.45) is 3.20. The number of hydrogen-bond donors (Lipinski definition) is 2. The summed E-state index contributed by atoms with van der Waals surface area (Å²) in [6.45, 7) is 2.14. The monoisotopic (exact) mass is 456 g/mol. The van der Waals surface area contributed by atoms with Crippen molar-refractivity contribution in [1.29, 1.82) is 0 Å². The molecule has 2 N–H and O–H groups in total. The number of aromatic nitrogens is 3. The van der Waals surface area contributed by atoms with Gasteiger partial charge in [-0.25, -0.2) is 13.1 Å². The summed E-state index contributed by atoms with van der Waals surface area (Å²) >= 11 is 0. The Morgan fingerprint density at radius 2 is 1.88 bits per heavy atom. The van der Waals surface area contributed by atoms with Gasteiger partial charge in [-0.1, -0.05) is 53.7 Å². The lowest BCUT2D eigenvalue weighted by molar-refractivity contribution is -0.0891. The first-order chi connectivity index (χ1) is 15.5. The Morgan fingerprint density at radius 1 is 1.12 bits per heavy atom. The molecule has 1 aliphatic heterocycles. The summed E-state index contributed by atoms with van der Waals surface area (Å²) in [7, 11) is -3.69. The van der Waals surface area contributed by atoms with E-state index >= 15 is 0 Å². The van der Waals surface area contributed by atoms with Gasteiger partial charge in [-0.3, -0.25) is 4.68 Å². The Hall–Kier alpha value is -2.59. The van der Waals surface area contributed by atoms with E-state index in [1.165, 1.54) is 0 Å². The smallest absolute Gasteiger partial charge is 0.241 e. The number of sulfonamides is 1. The lowest BCUT2D eigenvalue weighted by Gasteiger charge is -2.36. The second kappa shape index (κ2) is 9.91. The zero-order valence-corrected chi connectivity index (χ0v) is 18.8. The number of aliphatic hydroxyl groups excluding tert-OH is 1. The minimum Gasteiger partial charge on any atom is -0.394 e. The molecule has 1 aliphatic rings. The molecule has 4 rings (SSSR count). The van der Waals surface area contributed by atoms with Crippen LogP contribution in [0.5, 0.6) is 0 Å². The fraction of sp³-hybridized carbons (Fsp3) is 0.391. The Bertz CT molecular complexity index is 1130. The van der Waals surface area contributed by atoms with Gasteiger partial charge in [0.25, 0.3) is 0 Å². The molecule has 1 fully saturated rings. The van der Waals surface area contributed by atoms with Crippen molar-refractivity contribution in [2.75, 3.05) is 6.61 Å². The maximum atomic E-state index is 12.8. The first-order valence-electron chi connectivity index (χ1n) is 10.8. The molecule has 170 valence electrons. The molecule has 9 heteroatoms. The van der Waals surface area contributed by atoms with Crippen LogP contribution in [0, 0.1) is 6.92 Å². The number of ether oxygens (including phenoxy) is 1. The van der Waals surface area contributed by atoms with Crippen LogP contribution < -0.4 is 4.72 Å². The largest absolute Gasteiger partial charge is 0.394 e. The minimum absolute atomic E-state index is 0.0873. The highest BCUT2D eigenvalue weighted by atomic mass is 32.2. The average Bonchev–Trinajstić information content (AvgIpc) is 3.28. The van der Waals surface area contributed by atoms with Crippen LogP contribution >= 0.6 is 0 Å². The SMILES string of the molecule is Cc1ccccc1S(=O)(=O)N[C@@H]1CC[C@@H](CCn2cc(-c3ccccc3)nn2)O[C@@H]1CO. The second-order valence-corrected chi connectivity index (χ2v) is 9.75. The third kappa shape index (κ3) is 5.24. The van der Waals surface area contributed by atoms with Crippen molar-refractivity contribution in [2.24, 2.45) is 0 Å². The highest BCUT2D eigenvalue weighted by molar-refractivity contribution is 7.89. The van der Waals surface area contributed by atoms with E-state index < -0.39 is 22.2 Å². The van der Waals surface area contributed by atoms with Gasteiger partial charge in [-0.2, -0.15) is 0 Å². The van der Waals surface area contributed by atoms with E-state index in [2.05, 4.69) is 15.0 Å². The van der Waals surface area contributed by atoms with E-state index in [1.807, 2.05) is 36.5 Å². The quantitative estimate of drug-likeness (QED) is 0.540. The van der Waals surface area contributed by atoms with E-state index in [0.717, 1.165) is 11.3 Å². The number of aryl methyl sites for hydroxylation is 2.